The van der Waals surface area contributed by atoms with E-state index in [1.54, 1.807) is 0 Å². The highest BCUT2D eigenvalue weighted by Gasteiger charge is 2.52. The molecule has 2 aromatic rings. The van der Waals surface area contributed by atoms with Crippen molar-refractivity contribution in [2.75, 3.05) is 11.4 Å². The molecule has 1 N–H and O–H groups in total. The number of benzene rings is 1. The van der Waals surface area contributed by atoms with E-state index in [2.05, 4.69) is 22.4 Å². The Balaban J connectivity index is 1.50. The quantitative estimate of drug-likeness (QED) is 0.927. The summed E-state index contributed by atoms with van der Waals surface area (Å²) in [5.41, 5.74) is 3.43. The Bertz CT molecular complexity index is 727. The molecule has 1 aromatic heterocycles. The first kappa shape index (κ1) is 13.4. The van der Waals surface area contributed by atoms with E-state index in [1.807, 2.05) is 30.9 Å². The van der Waals surface area contributed by atoms with Crippen LogP contribution < -0.4 is 10.2 Å². The molecule has 0 radical (unpaired) electrons. The number of urea groups is 1. The molecular weight excluding hydrogens is 278 g/mol. The van der Waals surface area contributed by atoms with Crippen LogP contribution in [0, 0.1) is 13.8 Å². The molecule has 2 heterocycles. The van der Waals surface area contributed by atoms with E-state index in [1.165, 1.54) is 18.4 Å². The first-order chi connectivity index (χ1) is 10.6. The molecule has 5 nitrogen and oxygen atoms in total. The van der Waals surface area contributed by atoms with E-state index in [4.69, 9.17) is 4.42 Å². The lowest BCUT2D eigenvalue weighted by molar-refractivity contribution is 0.244. The van der Waals surface area contributed by atoms with Gasteiger partial charge in [-0.15, -0.1) is 0 Å². The lowest BCUT2D eigenvalue weighted by Crippen LogP contribution is -2.40. The fourth-order valence-corrected chi connectivity index (χ4v) is 3.25. The smallest absolute Gasteiger partial charge is 0.322 e. The van der Waals surface area contributed by atoms with Gasteiger partial charge in [-0.05, 0) is 38.3 Å². The Hall–Kier alpha value is -2.30. The van der Waals surface area contributed by atoms with Crippen LogP contribution in [0.1, 0.15) is 35.7 Å². The largest absolute Gasteiger partial charge is 0.444 e. The van der Waals surface area contributed by atoms with Gasteiger partial charge >= 0.3 is 6.03 Å². The number of aromatic nitrogens is 1. The van der Waals surface area contributed by atoms with Crippen LogP contribution in [0.5, 0.6) is 0 Å². The van der Waals surface area contributed by atoms with Crippen LogP contribution in [0.2, 0.25) is 0 Å². The van der Waals surface area contributed by atoms with Crippen molar-refractivity contribution in [1.29, 1.82) is 0 Å². The van der Waals surface area contributed by atoms with E-state index in [9.17, 15) is 4.79 Å². The van der Waals surface area contributed by atoms with Crippen molar-refractivity contribution in [3.05, 3.63) is 47.2 Å². The summed E-state index contributed by atoms with van der Waals surface area (Å²) in [6, 6.07) is 8.14. The number of nitrogens with one attached hydrogen (secondary N) is 1. The number of nitrogens with zero attached hydrogens (tertiary/aromatic N) is 2. The van der Waals surface area contributed by atoms with Gasteiger partial charge in [-0.25, -0.2) is 9.78 Å². The van der Waals surface area contributed by atoms with Crippen molar-refractivity contribution >= 4 is 11.7 Å². The first-order valence-corrected chi connectivity index (χ1v) is 7.67. The summed E-state index contributed by atoms with van der Waals surface area (Å²) in [5, 5.41) is 2.92. The number of rotatable bonds is 2. The van der Waals surface area contributed by atoms with Crippen LogP contribution >= 0.6 is 0 Å². The third kappa shape index (κ3) is 2.00. The standard InChI is InChI=1S/C17H19N3O2/c1-11-12(2)22-15(19-11)9-18-16(21)20-10-17(7-8-17)13-5-3-4-6-14(13)20/h3-6H,7-10H2,1-2H3,(H,18,21). The van der Waals surface area contributed by atoms with Gasteiger partial charge in [0.1, 0.15) is 5.76 Å². The highest BCUT2D eigenvalue weighted by molar-refractivity contribution is 5.95. The molecule has 4 rings (SSSR count). The van der Waals surface area contributed by atoms with Gasteiger partial charge in [0.2, 0.25) is 5.89 Å². The second kappa shape index (κ2) is 4.60. The van der Waals surface area contributed by atoms with E-state index < -0.39 is 0 Å². The zero-order chi connectivity index (χ0) is 15.3. The van der Waals surface area contributed by atoms with E-state index in [0.717, 1.165) is 23.7 Å². The minimum Gasteiger partial charge on any atom is -0.444 e. The molecule has 1 aliphatic carbocycles. The molecule has 0 atom stereocenters. The minimum absolute atomic E-state index is 0.0790. The Morgan fingerprint density at radius 2 is 2.14 bits per heavy atom. The molecule has 2 amide bonds. The maximum absolute atomic E-state index is 12.5. The van der Waals surface area contributed by atoms with Crippen LogP contribution in [0.15, 0.2) is 28.7 Å². The zero-order valence-corrected chi connectivity index (χ0v) is 12.8. The number of amides is 2. The normalized spacial score (nSPS) is 17.6. The highest BCUT2D eigenvalue weighted by Crippen LogP contribution is 2.56. The molecular formula is C17H19N3O2. The highest BCUT2D eigenvalue weighted by atomic mass is 16.4. The number of carbonyl (C=O) groups excluding carboxylic acids is 1. The maximum Gasteiger partial charge on any atom is 0.322 e. The SMILES string of the molecule is Cc1nc(CNC(=O)N2CC3(CC3)c3ccccc32)oc1C. The van der Waals surface area contributed by atoms with E-state index in [-0.39, 0.29) is 11.4 Å². The molecule has 0 bridgehead atoms. The van der Waals surface area contributed by atoms with Crippen LogP contribution in [0.4, 0.5) is 10.5 Å². The van der Waals surface area contributed by atoms with Gasteiger partial charge in [0.05, 0.1) is 12.2 Å². The number of anilines is 1. The monoisotopic (exact) mass is 297 g/mol. The predicted octanol–water partition coefficient (Wildman–Crippen LogP) is 3.05. The average molecular weight is 297 g/mol. The number of carbonyl (C=O) groups is 1. The van der Waals surface area contributed by atoms with Crippen LogP contribution in [0.25, 0.3) is 0 Å². The van der Waals surface area contributed by atoms with Crippen LogP contribution in [-0.2, 0) is 12.0 Å². The van der Waals surface area contributed by atoms with E-state index in [0.29, 0.717) is 12.4 Å². The van der Waals surface area contributed by atoms with E-state index >= 15 is 0 Å². The number of hydrogen-bond acceptors (Lipinski definition) is 3. The summed E-state index contributed by atoms with van der Waals surface area (Å²) in [6.45, 7) is 4.87. The van der Waals surface area contributed by atoms with Gasteiger partial charge in [-0.1, -0.05) is 18.2 Å². The Morgan fingerprint density at radius 1 is 1.36 bits per heavy atom. The summed E-state index contributed by atoms with van der Waals surface area (Å²) >= 11 is 0. The summed E-state index contributed by atoms with van der Waals surface area (Å²) in [7, 11) is 0. The lowest BCUT2D eigenvalue weighted by Gasteiger charge is -2.18. The Morgan fingerprint density at radius 3 is 2.82 bits per heavy atom. The van der Waals surface area contributed by atoms with Gasteiger partial charge in [-0.3, -0.25) is 4.90 Å². The Labute approximate surface area is 129 Å². The van der Waals surface area contributed by atoms with Crippen molar-refractivity contribution in [3.63, 3.8) is 0 Å². The maximum atomic E-state index is 12.5. The predicted molar refractivity (Wildman–Crippen MR) is 82.9 cm³/mol. The Kier molecular flexibility index (Phi) is 2.79. The molecule has 1 fully saturated rings. The molecule has 1 aromatic carbocycles. The summed E-state index contributed by atoms with van der Waals surface area (Å²) in [4.78, 5) is 18.7. The van der Waals surface area contributed by atoms with Crippen molar-refractivity contribution in [2.45, 2.75) is 38.6 Å². The van der Waals surface area contributed by atoms with Crippen molar-refractivity contribution in [1.82, 2.24) is 10.3 Å². The molecule has 2 aliphatic rings. The van der Waals surface area contributed by atoms with Crippen LogP contribution in [0.3, 0.4) is 0 Å². The molecule has 1 saturated carbocycles. The molecule has 1 aliphatic heterocycles. The lowest BCUT2D eigenvalue weighted by atomic mass is 9.99. The number of para-hydroxylation sites is 1. The van der Waals surface area contributed by atoms with Crippen molar-refractivity contribution < 1.29 is 9.21 Å². The zero-order valence-electron chi connectivity index (χ0n) is 12.8. The minimum atomic E-state index is -0.0790. The fraction of sp³-hybridized carbons (Fsp3) is 0.412. The molecule has 1 spiro atoms. The van der Waals surface area contributed by atoms with Gasteiger partial charge in [-0.2, -0.15) is 0 Å². The van der Waals surface area contributed by atoms with Crippen molar-refractivity contribution in [2.24, 2.45) is 0 Å². The first-order valence-electron chi connectivity index (χ1n) is 7.67. The van der Waals surface area contributed by atoms with Gasteiger partial charge in [0.15, 0.2) is 0 Å². The van der Waals surface area contributed by atoms with Crippen LogP contribution in [-0.4, -0.2) is 17.6 Å². The number of oxazole rings is 1. The number of fused-ring (bicyclic) bond motifs is 2. The molecule has 0 saturated heterocycles. The third-order valence-electron chi connectivity index (χ3n) is 4.79. The molecule has 114 valence electrons. The van der Waals surface area contributed by atoms with Gasteiger partial charge in [0, 0.05) is 17.6 Å². The second-order valence-electron chi connectivity index (χ2n) is 6.29. The third-order valence-corrected chi connectivity index (χ3v) is 4.79. The summed E-state index contributed by atoms with van der Waals surface area (Å²) in [5.74, 6) is 1.35. The fourth-order valence-electron chi connectivity index (χ4n) is 3.25. The number of hydrogen-bond donors (Lipinski definition) is 1. The van der Waals surface area contributed by atoms with Crippen molar-refractivity contribution in [3.8, 4) is 0 Å². The number of aryl methyl sites for hydroxylation is 2. The van der Waals surface area contributed by atoms with Gasteiger partial charge < -0.3 is 9.73 Å². The average Bonchev–Trinajstić information content (AvgIpc) is 3.12. The summed E-state index contributed by atoms with van der Waals surface area (Å²) in [6.07, 6.45) is 2.35. The summed E-state index contributed by atoms with van der Waals surface area (Å²) < 4.78 is 5.51. The second-order valence-corrected chi connectivity index (χ2v) is 6.29. The van der Waals surface area contributed by atoms with Gasteiger partial charge in [0.25, 0.3) is 0 Å². The molecule has 22 heavy (non-hydrogen) atoms. The molecule has 0 unspecified atom stereocenters. The molecule has 5 heteroatoms. The topological polar surface area (TPSA) is 58.4 Å².